The molecule has 0 saturated heterocycles. The zero-order valence-corrected chi connectivity index (χ0v) is 5.28. The van der Waals surface area contributed by atoms with Gasteiger partial charge in [0.1, 0.15) is 0 Å². The van der Waals surface area contributed by atoms with E-state index in [0.717, 1.165) is 0 Å². The Bertz CT molecular complexity index is 111. The van der Waals surface area contributed by atoms with Gasteiger partial charge in [0.05, 0.1) is 12.7 Å². The predicted octanol–water partition coefficient (Wildman–Crippen LogP) is -0.0938. The van der Waals surface area contributed by atoms with E-state index in [1.807, 2.05) is 0 Å². The van der Waals surface area contributed by atoms with E-state index in [2.05, 4.69) is 0 Å². The van der Waals surface area contributed by atoms with Gasteiger partial charge >= 0.3 is 0 Å². The zero-order chi connectivity index (χ0) is 6.69. The molecule has 1 aliphatic rings. The number of hydrogen-bond donors (Lipinski definition) is 1. The molecule has 0 saturated carbocycles. The van der Waals surface area contributed by atoms with Crippen LogP contribution < -0.4 is 0 Å². The lowest BCUT2D eigenvalue weighted by atomic mass is 10.3. The average molecular weight is 130 g/mol. The third kappa shape index (κ3) is 1.78. The number of aliphatic hydroxyl groups is 1. The Labute approximate surface area is 53.9 Å². The molecule has 0 aromatic rings. The molecule has 2 unspecified atom stereocenters. The van der Waals surface area contributed by atoms with E-state index in [0.29, 0.717) is 6.61 Å². The first-order valence-corrected chi connectivity index (χ1v) is 2.83. The van der Waals surface area contributed by atoms with Crippen molar-refractivity contribution in [3.8, 4) is 0 Å². The largest absolute Gasteiger partial charge is 0.387 e. The number of aliphatic hydroxyl groups excluding tert-OH is 1. The first kappa shape index (κ1) is 6.74. The molecule has 0 aliphatic carbocycles. The van der Waals surface area contributed by atoms with Crippen molar-refractivity contribution in [2.75, 3.05) is 13.7 Å². The molecule has 3 heteroatoms. The standard InChI is InChI=1S/C6H10O3/c1-8-6-3-2-5(7)4-9-6/h2-3,5-7H,4H2,1H3. The van der Waals surface area contributed by atoms with Gasteiger partial charge in [-0.1, -0.05) is 6.08 Å². The minimum Gasteiger partial charge on any atom is -0.387 e. The van der Waals surface area contributed by atoms with Gasteiger partial charge in [0.15, 0.2) is 6.29 Å². The number of hydrogen-bond acceptors (Lipinski definition) is 3. The van der Waals surface area contributed by atoms with E-state index >= 15 is 0 Å². The SMILES string of the molecule is COC1C=CC(O)CO1. The van der Waals surface area contributed by atoms with Crippen LogP contribution in [-0.2, 0) is 9.47 Å². The molecule has 0 amide bonds. The van der Waals surface area contributed by atoms with E-state index in [-0.39, 0.29) is 6.29 Å². The van der Waals surface area contributed by atoms with E-state index in [4.69, 9.17) is 14.6 Å². The van der Waals surface area contributed by atoms with Crippen molar-refractivity contribution < 1.29 is 14.6 Å². The molecule has 0 fully saturated rings. The summed E-state index contributed by atoms with van der Waals surface area (Å²) in [7, 11) is 1.56. The summed E-state index contributed by atoms with van der Waals surface area (Å²) in [4.78, 5) is 0. The lowest BCUT2D eigenvalue weighted by Crippen LogP contribution is -2.25. The average Bonchev–Trinajstić information content (AvgIpc) is 1.90. The summed E-state index contributed by atoms with van der Waals surface area (Å²) in [6.07, 6.45) is 2.62. The molecule has 9 heavy (non-hydrogen) atoms. The van der Waals surface area contributed by atoms with Gasteiger partial charge in [-0.2, -0.15) is 0 Å². The van der Waals surface area contributed by atoms with Crippen LogP contribution in [0.25, 0.3) is 0 Å². The lowest BCUT2D eigenvalue weighted by molar-refractivity contribution is -0.115. The number of ether oxygens (including phenoxy) is 2. The van der Waals surface area contributed by atoms with Crippen LogP contribution in [-0.4, -0.2) is 31.2 Å². The van der Waals surface area contributed by atoms with Crippen LogP contribution in [0.5, 0.6) is 0 Å². The topological polar surface area (TPSA) is 38.7 Å². The Kier molecular flexibility index (Phi) is 2.22. The van der Waals surface area contributed by atoms with Crippen molar-refractivity contribution in [1.29, 1.82) is 0 Å². The maximum Gasteiger partial charge on any atom is 0.176 e. The highest BCUT2D eigenvalue weighted by atomic mass is 16.7. The van der Waals surface area contributed by atoms with Gasteiger partial charge in [0.25, 0.3) is 0 Å². The van der Waals surface area contributed by atoms with Gasteiger partial charge in [0, 0.05) is 7.11 Å². The number of rotatable bonds is 1. The number of methoxy groups -OCH3 is 1. The monoisotopic (exact) mass is 130 g/mol. The van der Waals surface area contributed by atoms with Gasteiger partial charge in [-0.3, -0.25) is 0 Å². The maximum atomic E-state index is 8.86. The highest BCUT2D eigenvalue weighted by molar-refractivity contribution is 4.94. The lowest BCUT2D eigenvalue weighted by Gasteiger charge is -2.18. The smallest absolute Gasteiger partial charge is 0.176 e. The molecular weight excluding hydrogens is 120 g/mol. The quantitative estimate of drug-likeness (QED) is 0.504. The van der Waals surface area contributed by atoms with Gasteiger partial charge < -0.3 is 14.6 Å². The Balaban J connectivity index is 2.38. The molecule has 52 valence electrons. The van der Waals surface area contributed by atoms with Crippen LogP contribution in [0.15, 0.2) is 12.2 Å². The molecule has 0 bridgehead atoms. The molecule has 0 aromatic carbocycles. The minimum atomic E-state index is -0.462. The molecule has 1 heterocycles. The molecular formula is C6H10O3. The van der Waals surface area contributed by atoms with Gasteiger partial charge in [-0.15, -0.1) is 0 Å². The predicted molar refractivity (Wildman–Crippen MR) is 31.9 cm³/mol. The fraction of sp³-hybridized carbons (Fsp3) is 0.667. The highest BCUT2D eigenvalue weighted by Crippen LogP contribution is 2.04. The molecule has 2 atom stereocenters. The Hall–Kier alpha value is -0.380. The Morgan fingerprint density at radius 3 is 2.89 bits per heavy atom. The fourth-order valence-corrected chi connectivity index (χ4v) is 0.670. The first-order valence-electron chi connectivity index (χ1n) is 2.83. The summed E-state index contributed by atoms with van der Waals surface area (Å²) in [6, 6.07) is 0. The summed E-state index contributed by atoms with van der Waals surface area (Å²) >= 11 is 0. The normalized spacial score (nSPS) is 34.9. The van der Waals surface area contributed by atoms with Crippen molar-refractivity contribution in [1.82, 2.24) is 0 Å². The molecule has 0 radical (unpaired) electrons. The maximum absolute atomic E-state index is 8.86. The second-order valence-corrected chi connectivity index (χ2v) is 1.89. The van der Waals surface area contributed by atoms with Crippen LogP contribution in [0, 0.1) is 0 Å². The third-order valence-electron chi connectivity index (χ3n) is 1.15. The van der Waals surface area contributed by atoms with Crippen molar-refractivity contribution in [3.05, 3.63) is 12.2 Å². The second kappa shape index (κ2) is 2.96. The zero-order valence-electron chi connectivity index (χ0n) is 5.28. The molecule has 1 aliphatic heterocycles. The Morgan fingerprint density at radius 2 is 2.44 bits per heavy atom. The van der Waals surface area contributed by atoms with E-state index in [1.165, 1.54) is 0 Å². The molecule has 1 N–H and O–H groups in total. The van der Waals surface area contributed by atoms with Crippen molar-refractivity contribution in [2.45, 2.75) is 12.4 Å². The van der Waals surface area contributed by atoms with Crippen molar-refractivity contribution >= 4 is 0 Å². The van der Waals surface area contributed by atoms with Crippen molar-refractivity contribution in [3.63, 3.8) is 0 Å². The molecule has 1 rings (SSSR count). The van der Waals surface area contributed by atoms with Crippen molar-refractivity contribution in [2.24, 2.45) is 0 Å². The van der Waals surface area contributed by atoms with Gasteiger partial charge in [-0.05, 0) is 6.08 Å². The minimum absolute atomic E-state index is 0.270. The summed E-state index contributed by atoms with van der Waals surface area (Å²) in [5, 5.41) is 8.86. The van der Waals surface area contributed by atoms with E-state index < -0.39 is 6.10 Å². The fourth-order valence-electron chi connectivity index (χ4n) is 0.670. The second-order valence-electron chi connectivity index (χ2n) is 1.89. The summed E-state index contributed by atoms with van der Waals surface area (Å²) < 4.78 is 9.80. The Morgan fingerprint density at radius 1 is 1.67 bits per heavy atom. The molecule has 0 spiro atoms. The summed E-state index contributed by atoms with van der Waals surface area (Å²) in [5.74, 6) is 0. The van der Waals surface area contributed by atoms with E-state index in [9.17, 15) is 0 Å². The van der Waals surface area contributed by atoms with Crippen LogP contribution in [0.3, 0.4) is 0 Å². The summed E-state index contributed by atoms with van der Waals surface area (Å²) in [6.45, 7) is 0.328. The van der Waals surface area contributed by atoms with Crippen LogP contribution >= 0.6 is 0 Å². The highest BCUT2D eigenvalue weighted by Gasteiger charge is 2.11. The summed E-state index contributed by atoms with van der Waals surface area (Å²) in [5.41, 5.74) is 0. The molecule has 0 aromatic heterocycles. The van der Waals surface area contributed by atoms with Gasteiger partial charge in [0.2, 0.25) is 0 Å². The van der Waals surface area contributed by atoms with Gasteiger partial charge in [-0.25, -0.2) is 0 Å². The first-order chi connectivity index (χ1) is 4.33. The third-order valence-corrected chi connectivity index (χ3v) is 1.15. The van der Waals surface area contributed by atoms with Crippen LogP contribution in [0.1, 0.15) is 0 Å². The molecule has 3 nitrogen and oxygen atoms in total. The van der Waals surface area contributed by atoms with E-state index in [1.54, 1.807) is 19.3 Å². The van der Waals surface area contributed by atoms with Crippen LogP contribution in [0.2, 0.25) is 0 Å². The van der Waals surface area contributed by atoms with Crippen LogP contribution in [0.4, 0.5) is 0 Å².